The Bertz CT molecular complexity index is 663. The summed E-state index contributed by atoms with van der Waals surface area (Å²) in [6, 6.07) is 14.3. The van der Waals surface area contributed by atoms with Crippen LogP contribution in [0.15, 0.2) is 53.6 Å². The number of para-hydroxylation sites is 1. The van der Waals surface area contributed by atoms with Gasteiger partial charge in [-0.15, -0.1) is 0 Å². The molecule has 0 bridgehead atoms. The number of aromatic hydroxyl groups is 1. The van der Waals surface area contributed by atoms with Gasteiger partial charge in [-0.3, -0.25) is 5.14 Å². The summed E-state index contributed by atoms with van der Waals surface area (Å²) in [6.07, 6.45) is 1.54. The summed E-state index contributed by atoms with van der Waals surface area (Å²) < 4.78 is 5.56. The van der Waals surface area contributed by atoms with Crippen LogP contribution in [0.3, 0.4) is 0 Å². The Labute approximate surface area is 120 Å². The SMILES string of the molecule is NS#CN/N=C/c1ccc(Oc2ccccc2)c(O)c1. The quantitative estimate of drug-likeness (QED) is 0.349. The van der Waals surface area contributed by atoms with Gasteiger partial charge in [0, 0.05) is 0 Å². The van der Waals surface area contributed by atoms with Crippen LogP contribution >= 0.6 is 11.4 Å². The molecule has 20 heavy (non-hydrogen) atoms. The van der Waals surface area contributed by atoms with Gasteiger partial charge in [-0.2, -0.15) is 5.10 Å². The van der Waals surface area contributed by atoms with Crippen molar-refractivity contribution in [2.24, 2.45) is 10.2 Å². The standard InChI is InChI=1S/C14H13N3O2S/c15-20-10-17-16-9-11-6-7-14(13(18)8-11)19-12-4-2-1-3-5-12/h1-9,17-18H,15H2/b16-9+. The van der Waals surface area contributed by atoms with E-state index in [0.717, 1.165) is 16.9 Å². The van der Waals surface area contributed by atoms with Crippen molar-refractivity contribution in [2.45, 2.75) is 0 Å². The highest BCUT2D eigenvalue weighted by molar-refractivity contribution is 7.86. The van der Waals surface area contributed by atoms with E-state index in [0.29, 0.717) is 11.5 Å². The molecule has 0 spiro atoms. The van der Waals surface area contributed by atoms with E-state index in [4.69, 9.17) is 9.88 Å². The van der Waals surface area contributed by atoms with Crippen LogP contribution in [0.2, 0.25) is 0 Å². The summed E-state index contributed by atoms with van der Waals surface area (Å²) in [5.41, 5.74) is 3.22. The normalized spacial score (nSPS) is 10.1. The maximum atomic E-state index is 9.91. The molecule has 5 nitrogen and oxygen atoms in total. The third-order valence-electron chi connectivity index (χ3n) is 2.34. The lowest BCUT2D eigenvalue weighted by molar-refractivity contribution is 0.411. The summed E-state index contributed by atoms with van der Waals surface area (Å²) >= 11 is 0.899. The van der Waals surface area contributed by atoms with Crippen molar-refractivity contribution in [3.63, 3.8) is 0 Å². The van der Waals surface area contributed by atoms with Crippen molar-refractivity contribution in [1.82, 2.24) is 5.43 Å². The fraction of sp³-hybridized carbons (Fsp3) is 0. The first-order valence-corrected chi connectivity index (χ1v) is 6.62. The lowest BCUT2D eigenvalue weighted by Gasteiger charge is -2.07. The number of nitrogens with zero attached hydrogens (tertiary/aromatic N) is 1. The molecule has 4 N–H and O–H groups in total. The van der Waals surface area contributed by atoms with E-state index in [1.165, 1.54) is 6.21 Å². The number of phenolic OH excluding ortho intramolecular Hbond substituents is 1. The minimum atomic E-state index is 0.0407. The smallest absolute Gasteiger partial charge is 0.169 e. The molecule has 2 aromatic rings. The minimum absolute atomic E-state index is 0.0407. The number of benzene rings is 2. The van der Waals surface area contributed by atoms with Crippen molar-refractivity contribution < 1.29 is 9.84 Å². The van der Waals surface area contributed by atoms with Gasteiger partial charge in [-0.05, 0) is 47.3 Å². The predicted octanol–water partition coefficient (Wildman–Crippen LogP) is 2.63. The van der Waals surface area contributed by atoms with Crippen molar-refractivity contribution in [1.29, 1.82) is 0 Å². The number of nitrogens with two attached hydrogens (primary N) is 1. The molecule has 0 unspecified atom stereocenters. The van der Waals surface area contributed by atoms with E-state index < -0.39 is 0 Å². The largest absolute Gasteiger partial charge is 0.504 e. The topological polar surface area (TPSA) is 79.9 Å². The number of hydrogen-bond donors (Lipinski definition) is 3. The first-order chi connectivity index (χ1) is 9.79. The van der Waals surface area contributed by atoms with E-state index in [1.807, 2.05) is 30.3 Å². The molecule has 0 radical (unpaired) electrons. The summed E-state index contributed by atoms with van der Waals surface area (Å²) in [5.74, 6) is 1.09. The maximum Gasteiger partial charge on any atom is 0.169 e. The van der Waals surface area contributed by atoms with Crippen LogP contribution in [0.5, 0.6) is 17.2 Å². The number of phenols is 1. The highest BCUT2D eigenvalue weighted by atomic mass is 32.1. The molecule has 2 aromatic carbocycles. The molecular weight excluding hydrogens is 274 g/mol. The number of ether oxygens (including phenoxy) is 1. The van der Waals surface area contributed by atoms with Crippen molar-refractivity contribution in [2.75, 3.05) is 0 Å². The predicted molar refractivity (Wildman–Crippen MR) is 81.0 cm³/mol. The fourth-order valence-electron chi connectivity index (χ4n) is 1.48. The Morgan fingerprint density at radius 1 is 1.25 bits per heavy atom. The number of hydrazone groups is 1. The van der Waals surface area contributed by atoms with E-state index in [1.54, 1.807) is 18.2 Å². The molecule has 102 valence electrons. The van der Waals surface area contributed by atoms with E-state index in [9.17, 15) is 5.11 Å². The van der Waals surface area contributed by atoms with Gasteiger partial charge in [0.25, 0.3) is 0 Å². The third-order valence-corrected chi connectivity index (χ3v) is 2.55. The first-order valence-electron chi connectivity index (χ1n) is 5.74. The number of nitrogens with one attached hydrogen (secondary N) is 1. The van der Waals surface area contributed by atoms with Crippen LogP contribution in [0, 0.1) is 5.31 Å². The van der Waals surface area contributed by atoms with Crippen LogP contribution < -0.4 is 15.3 Å². The molecule has 0 aliphatic heterocycles. The fourth-order valence-corrected chi connectivity index (χ4v) is 1.58. The Morgan fingerprint density at radius 2 is 2.05 bits per heavy atom. The van der Waals surface area contributed by atoms with E-state index >= 15 is 0 Å². The lowest BCUT2D eigenvalue weighted by Crippen LogP contribution is -1.95. The Kier molecular flexibility index (Phi) is 4.97. The average molecular weight is 287 g/mol. The number of rotatable bonds is 4. The van der Waals surface area contributed by atoms with Gasteiger partial charge in [0.1, 0.15) is 5.75 Å². The van der Waals surface area contributed by atoms with Gasteiger partial charge < -0.3 is 9.84 Å². The lowest BCUT2D eigenvalue weighted by atomic mass is 10.2. The molecular formula is C14H13N3O2S. The van der Waals surface area contributed by atoms with Crippen molar-refractivity contribution in [3.8, 4) is 22.6 Å². The molecule has 0 aliphatic rings. The first kappa shape index (κ1) is 13.9. The van der Waals surface area contributed by atoms with Crippen LogP contribution in [0.25, 0.3) is 0 Å². The highest BCUT2D eigenvalue weighted by Gasteiger charge is 2.04. The molecule has 0 saturated carbocycles. The molecule has 2 rings (SSSR count). The second kappa shape index (κ2) is 7.16. The minimum Gasteiger partial charge on any atom is -0.504 e. The third kappa shape index (κ3) is 4.00. The molecule has 0 aliphatic carbocycles. The van der Waals surface area contributed by atoms with Gasteiger partial charge in [0.2, 0.25) is 0 Å². The molecule has 0 atom stereocenters. The van der Waals surface area contributed by atoms with Gasteiger partial charge in [0.05, 0.1) is 11.5 Å². The van der Waals surface area contributed by atoms with Crippen LogP contribution in [0.1, 0.15) is 5.56 Å². The van der Waals surface area contributed by atoms with Crippen molar-refractivity contribution in [3.05, 3.63) is 54.1 Å². The average Bonchev–Trinajstić information content (AvgIpc) is 2.47. The maximum absolute atomic E-state index is 9.91. The molecule has 0 fully saturated rings. The second-order valence-corrected chi connectivity index (χ2v) is 4.17. The Morgan fingerprint density at radius 3 is 2.75 bits per heavy atom. The molecule has 0 aromatic heterocycles. The van der Waals surface area contributed by atoms with Gasteiger partial charge >= 0.3 is 0 Å². The molecule has 6 heteroatoms. The zero-order valence-corrected chi connectivity index (χ0v) is 11.3. The molecule has 0 amide bonds. The summed E-state index contributed by atoms with van der Waals surface area (Å²) in [6.45, 7) is 0. The zero-order valence-electron chi connectivity index (χ0n) is 10.5. The molecule has 0 saturated heterocycles. The van der Waals surface area contributed by atoms with Gasteiger partial charge in [-0.1, -0.05) is 18.2 Å². The summed E-state index contributed by atoms with van der Waals surface area (Å²) in [5, 5.41) is 21.4. The van der Waals surface area contributed by atoms with Gasteiger partial charge in [-0.25, -0.2) is 5.43 Å². The van der Waals surface area contributed by atoms with Crippen LogP contribution in [-0.4, -0.2) is 11.3 Å². The van der Waals surface area contributed by atoms with E-state index in [2.05, 4.69) is 15.8 Å². The monoisotopic (exact) mass is 287 g/mol. The summed E-state index contributed by atoms with van der Waals surface area (Å²) in [7, 11) is 0. The van der Waals surface area contributed by atoms with Crippen molar-refractivity contribution >= 4 is 17.6 Å². The highest BCUT2D eigenvalue weighted by Crippen LogP contribution is 2.30. The molecule has 0 heterocycles. The van der Waals surface area contributed by atoms with Crippen LogP contribution in [-0.2, 0) is 0 Å². The second-order valence-electron chi connectivity index (χ2n) is 3.73. The van der Waals surface area contributed by atoms with E-state index in [-0.39, 0.29) is 5.75 Å². The summed E-state index contributed by atoms with van der Waals surface area (Å²) in [4.78, 5) is 0. The van der Waals surface area contributed by atoms with Crippen LogP contribution in [0.4, 0.5) is 0 Å². The van der Waals surface area contributed by atoms with Gasteiger partial charge in [0.15, 0.2) is 11.5 Å². The zero-order chi connectivity index (χ0) is 14.2. The Balaban J connectivity index is 2.09. The Hall–Kier alpha value is -2.53. The number of hydrogen-bond acceptors (Lipinski definition) is 5.